The van der Waals surface area contributed by atoms with Crippen LogP contribution in [0.3, 0.4) is 0 Å². The van der Waals surface area contributed by atoms with Crippen molar-refractivity contribution in [3.05, 3.63) is 76.0 Å². The predicted octanol–water partition coefficient (Wildman–Crippen LogP) is 3.74. The highest BCUT2D eigenvalue weighted by molar-refractivity contribution is 5.74. The number of imidazole rings is 1. The van der Waals surface area contributed by atoms with E-state index < -0.39 is 28.7 Å². The first-order valence-electron chi connectivity index (χ1n) is 9.84. The van der Waals surface area contributed by atoms with Crippen LogP contribution in [0, 0.1) is 10.1 Å². The van der Waals surface area contributed by atoms with E-state index in [4.69, 9.17) is 4.74 Å². The summed E-state index contributed by atoms with van der Waals surface area (Å²) in [5, 5.41) is 16.3. The maximum atomic E-state index is 12.7. The molecule has 0 fully saturated rings. The van der Waals surface area contributed by atoms with Gasteiger partial charge in [0.2, 0.25) is 0 Å². The molecule has 0 radical (unpaired) electrons. The van der Waals surface area contributed by atoms with Gasteiger partial charge < -0.3 is 25.5 Å². The van der Waals surface area contributed by atoms with Gasteiger partial charge in [-0.3, -0.25) is 4.57 Å². The average molecular weight is 461 g/mol. The molecule has 0 spiro atoms. The zero-order valence-electron chi connectivity index (χ0n) is 17.0. The molecular formula is C21H18F3N5O4. The molecule has 2 N–H and O–H groups in total. The normalized spacial score (nSPS) is 15.3. The van der Waals surface area contributed by atoms with Crippen LogP contribution in [-0.4, -0.2) is 33.2 Å². The lowest BCUT2D eigenvalue weighted by Crippen LogP contribution is -2.48. The Morgan fingerprint density at radius 3 is 2.39 bits per heavy atom. The summed E-state index contributed by atoms with van der Waals surface area (Å²) in [5.74, 6) is -0.324. The van der Waals surface area contributed by atoms with Gasteiger partial charge in [0.1, 0.15) is 12.8 Å². The molecule has 2 heterocycles. The third-order valence-corrected chi connectivity index (χ3v) is 5.03. The summed E-state index contributed by atoms with van der Waals surface area (Å²) in [5.41, 5.74) is 1.50. The van der Waals surface area contributed by atoms with Crippen LogP contribution in [0.1, 0.15) is 11.1 Å². The van der Waals surface area contributed by atoms with Gasteiger partial charge in [-0.2, -0.15) is 13.2 Å². The van der Waals surface area contributed by atoms with Crippen molar-refractivity contribution >= 4 is 11.8 Å². The third kappa shape index (κ3) is 5.22. The first-order valence-corrected chi connectivity index (χ1v) is 9.84. The third-order valence-electron chi connectivity index (χ3n) is 5.03. The molecule has 0 saturated carbocycles. The summed E-state index contributed by atoms with van der Waals surface area (Å²) in [4.78, 5) is 26.1. The van der Waals surface area contributed by atoms with Crippen molar-refractivity contribution in [2.24, 2.45) is 0 Å². The lowest BCUT2D eigenvalue weighted by molar-refractivity contribution is -0.389. The molecule has 172 valence electrons. The van der Waals surface area contributed by atoms with Gasteiger partial charge in [-0.05, 0) is 33.7 Å². The number of ether oxygens (including phenoxy) is 1. The van der Waals surface area contributed by atoms with Crippen LogP contribution in [0.15, 0.2) is 54.7 Å². The van der Waals surface area contributed by atoms with E-state index in [2.05, 4.69) is 15.6 Å². The number of urea groups is 1. The number of fused-ring (bicyclic) bond motifs is 1. The summed E-state index contributed by atoms with van der Waals surface area (Å²) in [6.07, 6.45) is -3.13. The van der Waals surface area contributed by atoms with E-state index in [9.17, 15) is 28.1 Å². The standard InChI is InChI=1S/C21H18F3N5O4/c22-21(23,24)16-7-5-15(6-8-16)14-3-1-13(2-4-14)9-25-19(30)26-17-10-28-11-18(29(31)32)27-20(28)33-12-17/h1-8,11,17H,9-10,12H2,(H2,25,26,30)/t17-/m0/s1. The van der Waals surface area contributed by atoms with Crippen molar-refractivity contribution in [3.8, 4) is 17.1 Å². The summed E-state index contributed by atoms with van der Waals surface area (Å²) in [7, 11) is 0. The fraction of sp³-hybridized carbons (Fsp3) is 0.238. The van der Waals surface area contributed by atoms with Crippen molar-refractivity contribution in [2.75, 3.05) is 6.61 Å². The maximum Gasteiger partial charge on any atom is 0.416 e. The first-order chi connectivity index (χ1) is 15.7. The number of amides is 2. The highest BCUT2D eigenvalue weighted by Crippen LogP contribution is 2.31. The molecule has 2 amide bonds. The van der Waals surface area contributed by atoms with Gasteiger partial charge in [0, 0.05) is 11.5 Å². The second kappa shape index (κ2) is 8.81. The van der Waals surface area contributed by atoms with Crippen LogP contribution >= 0.6 is 0 Å². The van der Waals surface area contributed by atoms with Crippen LogP contribution in [0.5, 0.6) is 6.01 Å². The molecule has 9 nitrogen and oxygen atoms in total. The Morgan fingerprint density at radius 2 is 1.79 bits per heavy atom. The topological polar surface area (TPSA) is 111 Å². The minimum atomic E-state index is -4.38. The summed E-state index contributed by atoms with van der Waals surface area (Å²) in [6, 6.07) is 11.3. The summed E-state index contributed by atoms with van der Waals surface area (Å²) >= 11 is 0. The molecule has 1 aromatic heterocycles. The van der Waals surface area contributed by atoms with E-state index in [1.54, 1.807) is 24.3 Å². The van der Waals surface area contributed by atoms with Crippen molar-refractivity contribution in [1.29, 1.82) is 0 Å². The Balaban J connectivity index is 1.28. The van der Waals surface area contributed by atoms with Gasteiger partial charge >= 0.3 is 24.0 Å². The monoisotopic (exact) mass is 461 g/mol. The Labute approximate surface area is 185 Å². The molecule has 1 atom stereocenters. The van der Waals surface area contributed by atoms with Crippen molar-refractivity contribution in [2.45, 2.75) is 25.3 Å². The molecule has 3 aromatic rings. The molecule has 33 heavy (non-hydrogen) atoms. The first kappa shape index (κ1) is 22.1. The highest BCUT2D eigenvalue weighted by Gasteiger charge is 2.30. The number of aromatic nitrogens is 2. The second-order valence-corrected chi connectivity index (χ2v) is 7.40. The van der Waals surface area contributed by atoms with Crippen molar-refractivity contribution < 1.29 is 27.6 Å². The Morgan fingerprint density at radius 1 is 1.15 bits per heavy atom. The number of hydrogen-bond donors (Lipinski definition) is 2. The molecule has 0 bridgehead atoms. The van der Waals surface area contributed by atoms with Gasteiger partial charge in [0.25, 0.3) is 0 Å². The number of hydrogen-bond acceptors (Lipinski definition) is 5. The number of carbonyl (C=O) groups excluding carboxylic acids is 1. The zero-order valence-corrected chi connectivity index (χ0v) is 17.0. The number of nitrogens with zero attached hydrogens (tertiary/aromatic N) is 3. The minimum absolute atomic E-state index is 0.128. The zero-order chi connectivity index (χ0) is 23.6. The smallest absolute Gasteiger partial charge is 0.416 e. The Kier molecular flexibility index (Phi) is 5.90. The number of benzene rings is 2. The molecule has 0 unspecified atom stereocenters. The van der Waals surface area contributed by atoms with E-state index in [0.29, 0.717) is 5.56 Å². The van der Waals surface area contributed by atoms with E-state index in [1.165, 1.54) is 22.9 Å². The SMILES string of the molecule is O=C(NCc1ccc(-c2ccc(C(F)(F)F)cc2)cc1)N[C@@H]1COc2nc([N+](=O)[O-])cn2C1. The van der Waals surface area contributed by atoms with Gasteiger partial charge in [-0.1, -0.05) is 36.4 Å². The predicted molar refractivity (Wildman–Crippen MR) is 110 cm³/mol. The van der Waals surface area contributed by atoms with Gasteiger partial charge in [-0.25, -0.2) is 4.79 Å². The van der Waals surface area contributed by atoms with E-state index in [1.807, 2.05) is 0 Å². The highest BCUT2D eigenvalue weighted by atomic mass is 19.4. The fourth-order valence-corrected chi connectivity index (χ4v) is 3.36. The fourth-order valence-electron chi connectivity index (χ4n) is 3.36. The minimum Gasteiger partial charge on any atom is -0.444 e. The van der Waals surface area contributed by atoms with Crippen LogP contribution in [0.4, 0.5) is 23.8 Å². The Hall–Kier alpha value is -4.09. The number of rotatable bonds is 5. The van der Waals surface area contributed by atoms with E-state index in [0.717, 1.165) is 23.3 Å². The number of nitro groups is 1. The van der Waals surface area contributed by atoms with Gasteiger partial charge in [-0.15, -0.1) is 0 Å². The number of halogens is 3. The molecular weight excluding hydrogens is 443 g/mol. The summed E-state index contributed by atoms with van der Waals surface area (Å²) in [6.45, 7) is 0.642. The largest absolute Gasteiger partial charge is 0.444 e. The van der Waals surface area contributed by atoms with Crippen molar-refractivity contribution in [3.63, 3.8) is 0 Å². The number of carbonyl (C=O) groups is 1. The second-order valence-electron chi connectivity index (χ2n) is 7.40. The quantitative estimate of drug-likeness (QED) is 0.444. The molecule has 0 saturated heterocycles. The molecule has 1 aliphatic rings. The Bertz CT molecular complexity index is 1160. The van der Waals surface area contributed by atoms with Gasteiger partial charge in [0.05, 0.1) is 18.2 Å². The van der Waals surface area contributed by atoms with E-state index in [-0.39, 0.29) is 31.5 Å². The van der Waals surface area contributed by atoms with Crippen LogP contribution < -0.4 is 15.4 Å². The number of alkyl halides is 3. The van der Waals surface area contributed by atoms with Crippen molar-refractivity contribution in [1.82, 2.24) is 20.2 Å². The molecule has 12 heteroatoms. The van der Waals surface area contributed by atoms with Crippen LogP contribution in [0.2, 0.25) is 0 Å². The lowest BCUT2D eigenvalue weighted by atomic mass is 10.0. The molecule has 1 aliphatic heterocycles. The van der Waals surface area contributed by atoms with Gasteiger partial charge in [0.15, 0.2) is 0 Å². The van der Waals surface area contributed by atoms with Crippen LogP contribution in [0.25, 0.3) is 11.1 Å². The number of nitrogens with one attached hydrogen (secondary N) is 2. The molecule has 0 aliphatic carbocycles. The van der Waals surface area contributed by atoms with E-state index >= 15 is 0 Å². The summed E-state index contributed by atoms with van der Waals surface area (Å²) < 4.78 is 44.9. The molecule has 2 aromatic carbocycles. The maximum absolute atomic E-state index is 12.7. The average Bonchev–Trinajstić information content (AvgIpc) is 3.21. The lowest BCUT2D eigenvalue weighted by Gasteiger charge is -2.23. The molecule has 4 rings (SSSR count). The van der Waals surface area contributed by atoms with Crippen LogP contribution in [-0.2, 0) is 19.3 Å².